The van der Waals surface area contributed by atoms with Crippen molar-refractivity contribution >= 4 is 5.97 Å². The molecule has 4 heteroatoms. The van der Waals surface area contributed by atoms with Crippen LogP contribution < -0.4 is 5.32 Å². The zero-order chi connectivity index (χ0) is 11.3. The van der Waals surface area contributed by atoms with Crippen LogP contribution in [0, 0.1) is 11.8 Å². The Morgan fingerprint density at radius 2 is 2.33 bits per heavy atom. The molecule has 0 spiro atoms. The van der Waals surface area contributed by atoms with Gasteiger partial charge in [-0.25, -0.2) is 0 Å². The van der Waals surface area contributed by atoms with Crippen molar-refractivity contribution in [2.45, 2.75) is 32.8 Å². The van der Waals surface area contributed by atoms with Crippen molar-refractivity contribution in [1.29, 1.82) is 0 Å². The molecule has 1 rings (SSSR count). The van der Waals surface area contributed by atoms with Crippen LogP contribution in [0.15, 0.2) is 0 Å². The molecule has 0 aromatic carbocycles. The third-order valence-electron chi connectivity index (χ3n) is 2.88. The lowest BCUT2D eigenvalue weighted by Crippen LogP contribution is -2.35. The molecule has 0 amide bonds. The summed E-state index contributed by atoms with van der Waals surface area (Å²) >= 11 is 0. The van der Waals surface area contributed by atoms with Crippen LogP contribution in [0.3, 0.4) is 0 Å². The fourth-order valence-corrected chi connectivity index (χ4v) is 1.81. The minimum atomic E-state index is -0.718. The molecular weight excluding hydrogens is 194 g/mol. The van der Waals surface area contributed by atoms with Gasteiger partial charge in [-0.15, -0.1) is 0 Å². The van der Waals surface area contributed by atoms with E-state index in [1.807, 2.05) is 13.8 Å². The van der Waals surface area contributed by atoms with Gasteiger partial charge in [-0.2, -0.15) is 0 Å². The van der Waals surface area contributed by atoms with Gasteiger partial charge in [0.1, 0.15) is 0 Å². The highest BCUT2D eigenvalue weighted by atomic mass is 16.5. The lowest BCUT2D eigenvalue weighted by molar-refractivity contribution is -0.143. The second kappa shape index (κ2) is 6.08. The third-order valence-corrected chi connectivity index (χ3v) is 2.88. The zero-order valence-corrected chi connectivity index (χ0v) is 9.53. The van der Waals surface area contributed by atoms with Crippen molar-refractivity contribution < 1.29 is 14.6 Å². The number of carbonyl (C=O) groups is 1. The van der Waals surface area contributed by atoms with Gasteiger partial charge < -0.3 is 15.2 Å². The second-order valence-corrected chi connectivity index (χ2v) is 4.48. The molecule has 1 saturated heterocycles. The van der Waals surface area contributed by atoms with Gasteiger partial charge in [0.2, 0.25) is 0 Å². The average molecular weight is 215 g/mol. The van der Waals surface area contributed by atoms with Gasteiger partial charge in [0.05, 0.1) is 12.0 Å². The quantitative estimate of drug-likeness (QED) is 0.697. The molecule has 0 aromatic heterocycles. The molecule has 2 unspecified atom stereocenters. The number of ether oxygens (including phenoxy) is 1. The molecule has 1 aliphatic rings. The Labute approximate surface area is 91.0 Å². The predicted molar refractivity (Wildman–Crippen MR) is 57.8 cm³/mol. The Hall–Kier alpha value is -0.610. The lowest BCUT2D eigenvalue weighted by atomic mass is 9.96. The Morgan fingerprint density at radius 3 is 2.80 bits per heavy atom. The van der Waals surface area contributed by atoms with E-state index in [4.69, 9.17) is 9.84 Å². The summed E-state index contributed by atoms with van der Waals surface area (Å²) in [7, 11) is 0. The van der Waals surface area contributed by atoms with E-state index in [1.165, 1.54) is 0 Å². The highest BCUT2D eigenvalue weighted by molar-refractivity contribution is 5.70. The highest BCUT2D eigenvalue weighted by Gasteiger charge is 2.22. The summed E-state index contributed by atoms with van der Waals surface area (Å²) in [5, 5.41) is 12.1. The van der Waals surface area contributed by atoms with Gasteiger partial charge in [0.25, 0.3) is 0 Å². The SMILES string of the molecule is CC(C)C(CNCC1CCCO1)C(=O)O. The molecule has 88 valence electrons. The van der Waals surface area contributed by atoms with Crippen LogP contribution in [0.4, 0.5) is 0 Å². The van der Waals surface area contributed by atoms with Gasteiger partial charge in [0.15, 0.2) is 0 Å². The standard InChI is InChI=1S/C11H21NO3/c1-8(2)10(11(13)14)7-12-6-9-4-3-5-15-9/h8-10,12H,3-7H2,1-2H3,(H,13,14). The molecule has 2 N–H and O–H groups in total. The van der Waals surface area contributed by atoms with E-state index in [1.54, 1.807) is 0 Å². The lowest BCUT2D eigenvalue weighted by Gasteiger charge is -2.18. The molecule has 1 aliphatic heterocycles. The minimum absolute atomic E-state index is 0.166. The maximum Gasteiger partial charge on any atom is 0.308 e. The summed E-state index contributed by atoms with van der Waals surface area (Å²) in [6.07, 6.45) is 2.50. The van der Waals surface area contributed by atoms with E-state index in [0.29, 0.717) is 6.54 Å². The Bertz CT molecular complexity index is 200. The molecule has 1 heterocycles. The van der Waals surface area contributed by atoms with Gasteiger partial charge in [-0.1, -0.05) is 13.8 Å². The largest absolute Gasteiger partial charge is 0.481 e. The molecular formula is C11H21NO3. The summed E-state index contributed by atoms with van der Waals surface area (Å²) < 4.78 is 5.45. The Balaban J connectivity index is 2.18. The van der Waals surface area contributed by atoms with Crippen LogP contribution in [0.5, 0.6) is 0 Å². The van der Waals surface area contributed by atoms with Crippen LogP contribution in [-0.2, 0) is 9.53 Å². The molecule has 15 heavy (non-hydrogen) atoms. The van der Waals surface area contributed by atoms with Crippen molar-refractivity contribution in [1.82, 2.24) is 5.32 Å². The van der Waals surface area contributed by atoms with E-state index >= 15 is 0 Å². The topological polar surface area (TPSA) is 58.6 Å². The Kier molecular flexibility index (Phi) is 5.05. The third kappa shape index (κ3) is 4.18. The molecule has 0 radical (unpaired) electrons. The number of aliphatic carboxylic acids is 1. The van der Waals surface area contributed by atoms with E-state index in [-0.39, 0.29) is 17.9 Å². The van der Waals surface area contributed by atoms with Crippen LogP contribution >= 0.6 is 0 Å². The molecule has 2 atom stereocenters. The number of hydrogen-bond acceptors (Lipinski definition) is 3. The van der Waals surface area contributed by atoms with E-state index in [9.17, 15) is 4.79 Å². The summed E-state index contributed by atoms with van der Waals surface area (Å²) in [5.74, 6) is -0.851. The van der Waals surface area contributed by atoms with Crippen LogP contribution in [-0.4, -0.2) is 36.9 Å². The normalized spacial score (nSPS) is 23.3. The number of carboxylic acids is 1. The zero-order valence-electron chi connectivity index (χ0n) is 9.53. The van der Waals surface area contributed by atoms with Gasteiger partial charge in [-0.05, 0) is 18.8 Å². The maximum absolute atomic E-state index is 10.9. The van der Waals surface area contributed by atoms with E-state index in [0.717, 1.165) is 26.0 Å². The molecule has 0 bridgehead atoms. The van der Waals surface area contributed by atoms with Crippen molar-refractivity contribution in [3.05, 3.63) is 0 Å². The molecule has 1 fully saturated rings. The van der Waals surface area contributed by atoms with Gasteiger partial charge in [-0.3, -0.25) is 4.79 Å². The van der Waals surface area contributed by atoms with E-state index < -0.39 is 5.97 Å². The molecule has 0 aromatic rings. The second-order valence-electron chi connectivity index (χ2n) is 4.48. The highest BCUT2D eigenvalue weighted by Crippen LogP contribution is 2.12. The fraction of sp³-hybridized carbons (Fsp3) is 0.909. The summed E-state index contributed by atoms with van der Waals surface area (Å²) in [5.41, 5.74) is 0. The first-order chi connectivity index (χ1) is 7.11. The van der Waals surface area contributed by atoms with Crippen molar-refractivity contribution in [2.24, 2.45) is 11.8 Å². The summed E-state index contributed by atoms with van der Waals surface area (Å²) in [4.78, 5) is 10.9. The first-order valence-electron chi connectivity index (χ1n) is 5.66. The number of rotatable bonds is 6. The minimum Gasteiger partial charge on any atom is -0.481 e. The molecule has 4 nitrogen and oxygen atoms in total. The number of nitrogens with one attached hydrogen (secondary N) is 1. The van der Waals surface area contributed by atoms with Crippen molar-refractivity contribution in [3.63, 3.8) is 0 Å². The van der Waals surface area contributed by atoms with Crippen LogP contribution in [0.1, 0.15) is 26.7 Å². The molecule has 0 saturated carbocycles. The summed E-state index contributed by atoms with van der Waals surface area (Å²) in [6.45, 7) is 6.03. The van der Waals surface area contributed by atoms with Crippen molar-refractivity contribution in [3.8, 4) is 0 Å². The average Bonchev–Trinajstić information content (AvgIpc) is 2.63. The first kappa shape index (κ1) is 12.5. The number of carboxylic acid groups (broad SMARTS) is 1. The number of hydrogen-bond donors (Lipinski definition) is 2. The maximum atomic E-state index is 10.9. The van der Waals surface area contributed by atoms with Crippen molar-refractivity contribution in [2.75, 3.05) is 19.7 Å². The summed E-state index contributed by atoms with van der Waals surface area (Å²) in [6, 6.07) is 0. The predicted octanol–water partition coefficient (Wildman–Crippen LogP) is 1.11. The van der Waals surface area contributed by atoms with Crippen LogP contribution in [0.2, 0.25) is 0 Å². The monoisotopic (exact) mass is 215 g/mol. The Morgan fingerprint density at radius 1 is 1.60 bits per heavy atom. The van der Waals surface area contributed by atoms with Crippen LogP contribution in [0.25, 0.3) is 0 Å². The smallest absolute Gasteiger partial charge is 0.308 e. The first-order valence-corrected chi connectivity index (χ1v) is 5.66. The fourth-order valence-electron chi connectivity index (χ4n) is 1.81. The van der Waals surface area contributed by atoms with Gasteiger partial charge in [0, 0.05) is 19.7 Å². The van der Waals surface area contributed by atoms with Gasteiger partial charge >= 0.3 is 5.97 Å². The molecule has 0 aliphatic carbocycles. The van der Waals surface area contributed by atoms with E-state index in [2.05, 4.69) is 5.32 Å².